The molecule has 2 fully saturated rings. The number of nitrogens with zero attached hydrogens (tertiary/aromatic N) is 1. The van der Waals surface area contributed by atoms with Crippen LogP contribution in [0.15, 0.2) is 0 Å². The van der Waals surface area contributed by atoms with Crippen molar-refractivity contribution >= 4 is 0 Å². The Kier molecular flexibility index (Phi) is 4.39. The first-order valence-corrected chi connectivity index (χ1v) is 6.03. The molecule has 0 aromatic carbocycles. The van der Waals surface area contributed by atoms with E-state index >= 15 is 0 Å². The van der Waals surface area contributed by atoms with E-state index in [0.717, 1.165) is 19.1 Å². The summed E-state index contributed by atoms with van der Waals surface area (Å²) in [5.41, 5.74) is 0.389. The van der Waals surface area contributed by atoms with Crippen LogP contribution >= 0.6 is 0 Å². The Morgan fingerprint density at radius 2 is 1.64 bits per heavy atom. The van der Waals surface area contributed by atoms with Crippen LogP contribution in [0.5, 0.6) is 0 Å². The average Bonchev–Trinajstić information content (AvgIpc) is 2.19. The van der Waals surface area contributed by atoms with Gasteiger partial charge in [-0.25, -0.2) is 0 Å². The smallest absolute Gasteiger partial charge is 0.0671 e. The first kappa shape index (κ1) is 12.0. The van der Waals surface area contributed by atoms with Crippen LogP contribution in [0.2, 0.25) is 0 Å². The molecule has 0 bridgehead atoms. The molecule has 2 aliphatic rings. The van der Waals surface area contributed by atoms with E-state index in [9.17, 15) is 0 Å². The zero-order valence-electron chi connectivity index (χ0n) is 10.2. The molecule has 2 rings (SSSR count). The fraction of sp³-hybridized carbons (Fsp3) is 1.00. The van der Waals surface area contributed by atoms with Crippen LogP contribution in [0.4, 0.5) is 0 Å². The molecule has 2 saturated heterocycles. The van der Waals surface area contributed by atoms with Gasteiger partial charge in [-0.05, 0) is 38.8 Å². The van der Waals surface area contributed by atoms with Crippen molar-refractivity contribution in [2.24, 2.45) is 5.92 Å². The Morgan fingerprint density at radius 1 is 1.14 bits per heavy atom. The summed E-state index contributed by atoms with van der Waals surface area (Å²) in [5, 5.41) is 0. The Balaban J connectivity index is 0.000000461. The van der Waals surface area contributed by atoms with E-state index in [1.54, 1.807) is 0 Å². The summed E-state index contributed by atoms with van der Waals surface area (Å²) in [4.78, 5) is 2.61. The third-order valence-corrected chi connectivity index (χ3v) is 3.37. The molecule has 0 aromatic rings. The van der Waals surface area contributed by atoms with Crippen LogP contribution in [-0.4, -0.2) is 36.7 Å². The molecule has 84 valence electrons. The summed E-state index contributed by atoms with van der Waals surface area (Å²) in [6.07, 6.45) is 2.74. The maximum atomic E-state index is 5.28. The third-order valence-electron chi connectivity index (χ3n) is 3.37. The molecule has 0 aliphatic carbocycles. The van der Waals surface area contributed by atoms with Crippen molar-refractivity contribution in [3.8, 4) is 0 Å². The lowest BCUT2D eigenvalue weighted by molar-refractivity contribution is -0.137. The monoisotopic (exact) mass is 199 g/mol. The summed E-state index contributed by atoms with van der Waals surface area (Å²) in [5.74, 6) is 0.936. The number of rotatable bonds is 1. The molecule has 0 aromatic heterocycles. The van der Waals surface area contributed by atoms with Gasteiger partial charge in [0, 0.05) is 0 Å². The van der Waals surface area contributed by atoms with Gasteiger partial charge < -0.3 is 4.74 Å². The molecule has 14 heavy (non-hydrogen) atoms. The van der Waals surface area contributed by atoms with Crippen LogP contribution in [0, 0.1) is 5.92 Å². The average molecular weight is 199 g/mol. The van der Waals surface area contributed by atoms with Crippen molar-refractivity contribution in [1.82, 2.24) is 4.90 Å². The van der Waals surface area contributed by atoms with Gasteiger partial charge in [0.25, 0.3) is 0 Å². The Labute approximate surface area is 88.6 Å². The third kappa shape index (κ3) is 2.48. The van der Waals surface area contributed by atoms with Crippen molar-refractivity contribution in [3.63, 3.8) is 0 Å². The van der Waals surface area contributed by atoms with E-state index in [4.69, 9.17) is 4.74 Å². The molecule has 2 heterocycles. The van der Waals surface area contributed by atoms with Crippen LogP contribution < -0.4 is 0 Å². The SMILES string of the molecule is CC.CC1CCN(C2(C)COC2)CC1. The highest BCUT2D eigenvalue weighted by Crippen LogP contribution is 2.29. The number of piperidine rings is 1. The number of hydrogen-bond donors (Lipinski definition) is 0. The summed E-state index contributed by atoms with van der Waals surface area (Å²) >= 11 is 0. The highest BCUT2D eigenvalue weighted by molar-refractivity contribution is 4.93. The predicted octanol–water partition coefficient (Wildman–Crippen LogP) is 2.53. The summed E-state index contributed by atoms with van der Waals surface area (Å²) in [7, 11) is 0. The predicted molar refractivity (Wildman–Crippen MR) is 60.5 cm³/mol. The molecule has 2 aliphatic heterocycles. The highest BCUT2D eigenvalue weighted by Gasteiger charge is 2.40. The summed E-state index contributed by atoms with van der Waals surface area (Å²) < 4.78 is 5.28. The van der Waals surface area contributed by atoms with Gasteiger partial charge in [-0.3, -0.25) is 4.90 Å². The van der Waals surface area contributed by atoms with Crippen LogP contribution in [-0.2, 0) is 4.74 Å². The minimum atomic E-state index is 0.389. The van der Waals surface area contributed by atoms with E-state index in [1.807, 2.05) is 13.8 Å². The molecule has 2 heteroatoms. The van der Waals surface area contributed by atoms with Crippen molar-refractivity contribution in [3.05, 3.63) is 0 Å². The number of ether oxygens (including phenoxy) is 1. The van der Waals surface area contributed by atoms with Crippen LogP contribution in [0.25, 0.3) is 0 Å². The Bertz CT molecular complexity index is 158. The Hall–Kier alpha value is -0.0800. The summed E-state index contributed by atoms with van der Waals surface area (Å²) in [6.45, 7) is 13.1. The first-order valence-electron chi connectivity index (χ1n) is 6.03. The lowest BCUT2D eigenvalue weighted by Crippen LogP contribution is -2.61. The van der Waals surface area contributed by atoms with Gasteiger partial charge in [0.2, 0.25) is 0 Å². The Morgan fingerprint density at radius 3 is 2.00 bits per heavy atom. The minimum absolute atomic E-state index is 0.389. The fourth-order valence-electron chi connectivity index (χ4n) is 2.13. The van der Waals surface area contributed by atoms with Crippen molar-refractivity contribution in [2.45, 2.75) is 46.1 Å². The van der Waals surface area contributed by atoms with E-state index in [1.165, 1.54) is 25.9 Å². The molecule has 0 unspecified atom stereocenters. The first-order chi connectivity index (χ1) is 6.71. The second-order valence-corrected chi connectivity index (χ2v) is 4.66. The molecule has 0 spiro atoms. The van der Waals surface area contributed by atoms with E-state index in [0.29, 0.717) is 5.54 Å². The minimum Gasteiger partial charge on any atom is -0.377 e. The van der Waals surface area contributed by atoms with Gasteiger partial charge >= 0.3 is 0 Å². The molecular formula is C12H25NO. The highest BCUT2D eigenvalue weighted by atomic mass is 16.5. The van der Waals surface area contributed by atoms with Crippen LogP contribution in [0.3, 0.4) is 0 Å². The molecular weight excluding hydrogens is 174 g/mol. The lowest BCUT2D eigenvalue weighted by Gasteiger charge is -2.49. The standard InChI is InChI=1S/C10H19NO.C2H6/c1-9-3-5-11(6-4-9)10(2)7-12-8-10;1-2/h9H,3-8H2,1-2H3;1-2H3. The van der Waals surface area contributed by atoms with E-state index in [-0.39, 0.29) is 0 Å². The van der Waals surface area contributed by atoms with Gasteiger partial charge in [0.15, 0.2) is 0 Å². The molecule has 0 radical (unpaired) electrons. The number of hydrogen-bond acceptors (Lipinski definition) is 2. The zero-order valence-corrected chi connectivity index (χ0v) is 10.2. The van der Waals surface area contributed by atoms with Gasteiger partial charge in [0.05, 0.1) is 18.8 Å². The van der Waals surface area contributed by atoms with Gasteiger partial charge in [-0.15, -0.1) is 0 Å². The normalized spacial score (nSPS) is 27.4. The maximum Gasteiger partial charge on any atom is 0.0671 e. The zero-order chi connectivity index (χ0) is 10.6. The lowest BCUT2D eigenvalue weighted by atomic mass is 9.91. The second-order valence-electron chi connectivity index (χ2n) is 4.66. The molecule has 0 atom stereocenters. The van der Waals surface area contributed by atoms with Crippen molar-refractivity contribution in [1.29, 1.82) is 0 Å². The number of likely N-dealkylation sites (tertiary alicyclic amines) is 1. The second kappa shape index (κ2) is 5.13. The van der Waals surface area contributed by atoms with Crippen molar-refractivity contribution < 1.29 is 4.74 Å². The van der Waals surface area contributed by atoms with E-state index < -0.39 is 0 Å². The van der Waals surface area contributed by atoms with Gasteiger partial charge in [-0.2, -0.15) is 0 Å². The molecule has 0 N–H and O–H groups in total. The van der Waals surface area contributed by atoms with Gasteiger partial charge in [-0.1, -0.05) is 20.8 Å². The summed E-state index contributed by atoms with van der Waals surface area (Å²) in [6, 6.07) is 0. The molecule has 0 saturated carbocycles. The molecule has 2 nitrogen and oxygen atoms in total. The van der Waals surface area contributed by atoms with Gasteiger partial charge in [0.1, 0.15) is 0 Å². The van der Waals surface area contributed by atoms with Crippen molar-refractivity contribution in [2.75, 3.05) is 26.3 Å². The van der Waals surface area contributed by atoms with E-state index in [2.05, 4.69) is 18.7 Å². The quantitative estimate of drug-likeness (QED) is 0.643. The topological polar surface area (TPSA) is 12.5 Å². The largest absolute Gasteiger partial charge is 0.377 e. The molecule has 0 amide bonds. The van der Waals surface area contributed by atoms with Crippen LogP contribution in [0.1, 0.15) is 40.5 Å². The fourth-order valence-corrected chi connectivity index (χ4v) is 2.13. The maximum absolute atomic E-state index is 5.28.